The molecule has 5 N–H and O–H groups in total. The van der Waals surface area contributed by atoms with E-state index in [0.29, 0.717) is 6.42 Å². The molecular formula is C9H19ClN2O4. The van der Waals surface area contributed by atoms with E-state index in [1.807, 2.05) is 13.8 Å². The highest BCUT2D eigenvalue weighted by Crippen LogP contribution is 2.02. The van der Waals surface area contributed by atoms with Crippen LogP contribution in [0.2, 0.25) is 0 Å². The molecule has 0 saturated heterocycles. The van der Waals surface area contributed by atoms with Gasteiger partial charge >= 0.3 is 5.97 Å². The number of aliphatic carboxylic acids is 1. The quantitative estimate of drug-likeness (QED) is 0.503. The van der Waals surface area contributed by atoms with Gasteiger partial charge in [-0.05, 0) is 12.3 Å². The number of halogens is 1. The molecule has 16 heavy (non-hydrogen) atoms. The van der Waals surface area contributed by atoms with Gasteiger partial charge in [0.2, 0.25) is 5.91 Å². The second-order valence-corrected chi connectivity index (χ2v) is 3.82. The lowest BCUT2D eigenvalue weighted by Crippen LogP contribution is -2.50. The molecule has 0 aromatic carbocycles. The number of nitrogens with one attached hydrogen (secondary N) is 1. The number of carboxylic acid groups (broad SMARTS) is 1. The van der Waals surface area contributed by atoms with Crippen molar-refractivity contribution in [1.82, 2.24) is 5.32 Å². The van der Waals surface area contributed by atoms with Gasteiger partial charge in [-0.15, -0.1) is 12.4 Å². The molecule has 0 aliphatic carbocycles. The number of amides is 1. The first-order valence-corrected chi connectivity index (χ1v) is 4.78. The Labute approximate surface area is 101 Å². The monoisotopic (exact) mass is 254 g/mol. The summed E-state index contributed by atoms with van der Waals surface area (Å²) in [5.41, 5.74) is 5.53. The molecule has 2 atom stereocenters. The molecule has 2 unspecified atom stereocenters. The van der Waals surface area contributed by atoms with E-state index in [1.165, 1.54) is 0 Å². The normalized spacial score (nSPS) is 13.8. The smallest absolute Gasteiger partial charge is 0.328 e. The number of hydrogen-bond acceptors (Lipinski definition) is 4. The Kier molecular flexibility index (Phi) is 9.12. The first-order chi connectivity index (χ1) is 6.88. The molecular weight excluding hydrogens is 236 g/mol. The van der Waals surface area contributed by atoms with Crippen LogP contribution in [0.1, 0.15) is 20.3 Å². The van der Waals surface area contributed by atoms with Crippen molar-refractivity contribution in [1.29, 1.82) is 0 Å². The van der Waals surface area contributed by atoms with Crippen molar-refractivity contribution in [2.45, 2.75) is 32.4 Å². The molecule has 0 aliphatic rings. The Morgan fingerprint density at radius 1 is 1.38 bits per heavy atom. The molecule has 6 nitrogen and oxygen atoms in total. The molecule has 0 aromatic heterocycles. The van der Waals surface area contributed by atoms with E-state index in [2.05, 4.69) is 5.32 Å². The van der Waals surface area contributed by atoms with E-state index in [4.69, 9.17) is 15.9 Å². The van der Waals surface area contributed by atoms with Crippen molar-refractivity contribution in [3.63, 3.8) is 0 Å². The summed E-state index contributed by atoms with van der Waals surface area (Å²) in [5.74, 6) is -1.57. The molecule has 0 rings (SSSR count). The van der Waals surface area contributed by atoms with Crippen LogP contribution in [-0.2, 0) is 9.59 Å². The zero-order chi connectivity index (χ0) is 12.0. The summed E-state index contributed by atoms with van der Waals surface area (Å²) < 4.78 is 0. The van der Waals surface area contributed by atoms with Gasteiger partial charge in [0.05, 0.1) is 12.6 Å². The highest BCUT2D eigenvalue weighted by Gasteiger charge is 2.22. The van der Waals surface area contributed by atoms with Gasteiger partial charge in [0.25, 0.3) is 0 Å². The lowest BCUT2D eigenvalue weighted by Gasteiger charge is -2.17. The van der Waals surface area contributed by atoms with E-state index in [9.17, 15) is 9.59 Å². The standard InChI is InChI=1S/C9H18N2O4.ClH/c1-5(2)3-6(10)8(13)11-7(4-12)9(14)15;/h5-7,12H,3-4,10H2,1-2H3,(H,11,13)(H,14,15);1H. The average molecular weight is 255 g/mol. The van der Waals surface area contributed by atoms with E-state index >= 15 is 0 Å². The maximum atomic E-state index is 11.3. The molecule has 0 bridgehead atoms. The maximum absolute atomic E-state index is 11.3. The highest BCUT2D eigenvalue weighted by atomic mass is 35.5. The van der Waals surface area contributed by atoms with Crippen LogP contribution in [-0.4, -0.2) is 40.8 Å². The van der Waals surface area contributed by atoms with Crippen LogP contribution >= 0.6 is 12.4 Å². The van der Waals surface area contributed by atoms with Gasteiger partial charge in [-0.1, -0.05) is 13.8 Å². The van der Waals surface area contributed by atoms with Crippen LogP contribution < -0.4 is 11.1 Å². The summed E-state index contributed by atoms with van der Waals surface area (Å²) >= 11 is 0. The summed E-state index contributed by atoms with van der Waals surface area (Å²) in [6.07, 6.45) is 0.476. The number of carbonyl (C=O) groups excluding carboxylic acids is 1. The Bertz CT molecular complexity index is 236. The zero-order valence-corrected chi connectivity index (χ0v) is 10.2. The van der Waals surface area contributed by atoms with Gasteiger partial charge < -0.3 is 21.3 Å². The van der Waals surface area contributed by atoms with Crippen molar-refractivity contribution in [2.75, 3.05) is 6.61 Å². The Hall–Kier alpha value is -0.850. The minimum absolute atomic E-state index is 0. The van der Waals surface area contributed by atoms with Crippen LogP contribution in [0.5, 0.6) is 0 Å². The molecule has 0 aromatic rings. The maximum Gasteiger partial charge on any atom is 0.328 e. The number of carbonyl (C=O) groups is 2. The Morgan fingerprint density at radius 2 is 1.88 bits per heavy atom. The van der Waals surface area contributed by atoms with Gasteiger partial charge in [0, 0.05) is 0 Å². The molecule has 7 heteroatoms. The molecule has 96 valence electrons. The molecule has 0 aliphatic heterocycles. The highest BCUT2D eigenvalue weighted by molar-refractivity contribution is 5.86. The topological polar surface area (TPSA) is 113 Å². The summed E-state index contributed by atoms with van der Waals surface area (Å²) in [6, 6.07) is -2.02. The van der Waals surface area contributed by atoms with Gasteiger partial charge in [-0.3, -0.25) is 4.79 Å². The third-order valence-electron chi connectivity index (χ3n) is 1.86. The zero-order valence-electron chi connectivity index (χ0n) is 9.34. The van der Waals surface area contributed by atoms with Gasteiger partial charge in [0.1, 0.15) is 6.04 Å². The third-order valence-corrected chi connectivity index (χ3v) is 1.86. The lowest BCUT2D eigenvalue weighted by molar-refractivity contribution is -0.143. The summed E-state index contributed by atoms with van der Waals surface area (Å²) in [7, 11) is 0. The number of hydrogen-bond donors (Lipinski definition) is 4. The summed E-state index contributed by atoms with van der Waals surface area (Å²) in [5, 5.41) is 19.4. The summed E-state index contributed by atoms with van der Waals surface area (Å²) in [4.78, 5) is 21.8. The predicted molar refractivity (Wildman–Crippen MR) is 61.3 cm³/mol. The van der Waals surface area contributed by atoms with E-state index in [0.717, 1.165) is 0 Å². The van der Waals surface area contributed by atoms with Crippen LogP contribution in [0.25, 0.3) is 0 Å². The second kappa shape index (κ2) is 8.32. The predicted octanol–water partition coefficient (Wildman–Crippen LogP) is -0.657. The van der Waals surface area contributed by atoms with Crippen molar-refractivity contribution in [2.24, 2.45) is 11.7 Å². The van der Waals surface area contributed by atoms with Crippen molar-refractivity contribution in [3.05, 3.63) is 0 Å². The Morgan fingerprint density at radius 3 is 2.19 bits per heavy atom. The average Bonchev–Trinajstić information content (AvgIpc) is 2.11. The molecule has 0 radical (unpaired) electrons. The van der Waals surface area contributed by atoms with Crippen LogP contribution in [0.4, 0.5) is 0 Å². The van der Waals surface area contributed by atoms with E-state index in [-0.39, 0.29) is 18.3 Å². The van der Waals surface area contributed by atoms with Crippen LogP contribution in [0.15, 0.2) is 0 Å². The van der Waals surface area contributed by atoms with Gasteiger partial charge in [0.15, 0.2) is 0 Å². The minimum atomic E-state index is -1.28. The number of carboxylic acids is 1. The number of nitrogens with two attached hydrogens (primary N) is 1. The molecule has 0 spiro atoms. The summed E-state index contributed by atoms with van der Waals surface area (Å²) in [6.45, 7) is 3.18. The fourth-order valence-electron chi connectivity index (χ4n) is 1.08. The van der Waals surface area contributed by atoms with Gasteiger partial charge in [-0.2, -0.15) is 0 Å². The first-order valence-electron chi connectivity index (χ1n) is 4.78. The second-order valence-electron chi connectivity index (χ2n) is 3.82. The molecule has 0 heterocycles. The number of rotatable bonds is 6. The first kappa shape index (κ1) is 17.5. The van der Waals surface area contributed by atoms with E-state index < -0.39 is 30.6 Å². The van der Waals surface area contributed by atoms with E-state index in [1.54, 1.807) is 0 Å². The van der Waals surface area contributed by atoms with Crippen molar-refractivity contribution in [3.8, 4) is 0 Å². The fraction of sp³-hybridized carbons (Fsp3) is 0.778. The minimum Gasteiger partial charge on any atom is -0.480 e. The van der Waals surface area contributed by atoms with Crippen molar-refractivity contribution >= 4 is 24.3 Å². The molecule has 1 amide bonds. The SMILES string of the molecule is CC(C)CC(N)C(=O)NC(CO)C(=O)O.Cl. The molecule has 0 saturated carbocycles. The lowest BCUT2D eigenvalue weighted by atomic mass is 10.0. The Balaban J connectivity index is 0. The number of aliphatic hydroxyl groups excluding tert-OH is 1. The van der Waals surface area contributed by atoms with Crippen molar-refractivity contribution < 1.29 is 19.8 Å². The molecule has 0 fully saturated rings. The van der Waals surface area contributed by atoms with Crippen LogP contribution in [0, 0.1) is 5.92 Å². The fourth-order valence-corrected chi connectivity index (χ4v) is 1.08. The van der Waals surface area contributed by atoms with Crippen LogP contribution in [0.3, 0.4) is 0 Å². The van der Waals surface area contributed by atoms with Gasteiger partial charge in [-0.25, -0.2) is 4.79 Å². The number of aliphatic hydroxyl groups is 1. The largest absolute Gasteiger partial charge is 0.480 e. The third kappa shape index (κ3) is 6.60.